The standard InChI is InChI=1S/C11H18NO2/c1-13-11(14-2)7-6-10-12-8-4-3-5-9-12/h3-5,8-9,11H,6-7,10H2,1-2H3/q+1. The number of hydrogen-bond donors (Lipinski definition) is 0. The predicted octanol–water partition coefficient (Wildman–Crippen LogP) is 1.37. The summed E-state index contributed by atoms with van der Waals surface area (Å²) in [6.07, 6.45) is 6.04. The summed E-state index contributed by atoms with van der Waals surface area (Å²) in [5.74, 6) is 0. The normalized spacial score (nSPS) is 10.8. The topological polar surface area (TPSA) is 22.3 Å². The smallest absolute Gasteiger partial charge is 0.168 e. The highest BCUT2D eigenvalue weighted by atomic mass is 16.7. The molecule has 1 aromatic heterocycles. The third-order valence-electron chi connectivity index (χ3n) is 2.16. The Balaban J connectivity index is 2.21. The number of aromatic nitrogens is 1. The lowest BCUT2D eigenvalue weighted by Crippen LogP contribution is -2.32. The quantitative estimate of drug-likeness (QED) is 0.506. The first-order chi connectivity index (χ1) is 6.86. The second-order valence-electron chi connectivity index (χ2n) is 3.16. The molecule has 0 radical (unpaired) electrons. The Morgan fingerprint density at radius 3 is 2.29 bits per heavy atom. The summed E-state index contributed by atoms with van der Waals surface area (Å²) in [5, 5.41) is 0. The predicted molar refractivity (Wildman–Crippen MR) is 53.7 cm³/mol. The third-order valence-corrected chi connectivity index (χ3v) is 2.16. The average Bonchev–Trinajstić information content (AvgIpc) is 2.26. The fourth-order valence-electron chi connectivity index (χ4n) is 1.36. The Kier molecular flexibility index (Phi) is 5.19. The summed E-state index contributed by atoms with van der Waals surface area (Å²) in [7, 11) is 3.34. The SMILES string of the molecule is COC(CCC[n+]1ccccc1)OC. The lowest BCUT2D eigenvalue weighted by molar-refractivity contribution is -0.697. The van der Waals surface area contributed by atoms with Crippen LogP contribution in [0.25, 0.3) is 0 Å². The molecule has 0 aromatic carbocycles. The summed E-state index contributed by atoms with van der Waals surface area (Å²) < 4.78 is 12.4. The van der Waals surface area contributed by atoms with Crippen LogP contribution in [0.2, 0.25) is 0 Å². The van der Waals surface area contributed by atoms with Gasteiger partial charge in [-0.05, 0) is 0 Å². The molecule has 14 heavy (non-hydrogen) atoms. The fraction of sp³-hybridized carbons (Fsp3) is 0.545. The summed E-state index contributed by atoms with van der Waals surface area (Å²) >= 11 is 0. The summed E-state index contributed by atoms with van der Waals surface area (Å²) in [6, 6.07) is 6.08. The molecular formula is C11H18NO2+. The first-order valence-electron chi connectivity index (χ1n) is 4.86. The van der Waals surface area contributed by atoms with E-state index in [1.807, 2.05) is 18.2 Å². The summed E-state index contributed by atoms with van der Waals surface area (Å²) in [6.45, 7) is 1.00. The second-order valence-corrected chi connectivity index (χ2v) is 3.16. The zero-order valence-corrected chi connectivity index (χ0v) is 8.85. The number of nitrogens with zero attached hydrogens (tertiary/aromatic N) is 1. The minimum absolute atomic E-state index is 0.0701. The van der Waals surface area contributed by atoms with Crippen LogP contribution in [0.3, 0.4) is 0 Å². The van der Waals surface area contributed by atoms with E-state index in [0.29, 0.717) is 0 Å². The summed E-state index contributed by atoms with van der Waals surface area (Å²) in [4.78, 5) is 0. The maximum Gasteiger partial charge on any atom is 0.168 e. The number of rotatable bonds is 6. The monoisotopic (exact) mass is 196 g/mol. The van der Waals surface area contributed by atoms with Crippen LogP contribution in [-0.4, -0.2) is 20.5 Å². The minimum atomic E-state index is -0.0701. The van der Waals surface area contributed by atoms with Gasteiger partial charge in [0.25, 0.3) is 0 Å². The molecular weight excluding hydrogens is 178 g/mol. The zero-order valence-electron chi connectivity index (χ0n) is 8.85. The van der Waals surface area contributed by atoms with Crippen LogP contribution in [0.15, 0.2) is 30.6 Å². The van der Waals surface area contributed by atoms with Crippen LogP contribution in [0.5, 0.6) is 0 Å². The van der Waals surface area contributed by atoms with Gasteiger partial charge < -0.3 is 9.47 Å². The van der Waals surface area contributed by atoms with Crippen LogP contribution in [0.1, 0.15) is 12.8 Å². The maximum absolute atomic E-state index is 5.11. The first-order valence-corrected chi connectivity index (χ1v) is 4.86. The van der Waals surface area contributed by atoms with Crippen LogP contribution in [-0.2, 0) is 16.0 Å². The van der Waals surface area contributed by atoms with Crippen molar-refractivity contribution in [1.29, 1.82) is 0 Å². The highest BCUT2D eigenvalue weighted by molar-refractivity contribution is 4.83. The van der Waals surface area contributed by atoms with E-state index in [9.17, 15) is 0 Å². The number of methoxy groups -OCH3 is 2. The van der Waals surface area contributed by atoms with E-state index in [-0.39, 0.29) is 6.29 Å². The molecule has 1 aromatic rings. The molecule has 0 saturated carbocycles. The van der Waals surface area contributed by atoms with Gasteiger partial charge in [0.15, 0.2) is 18.7 Å². The van der Waals surface area contributed by atoms with Crippen LogP contribution in [0.4, 0.5) is 0 Å². The molecule has 0 fully saturated rings. The number of ether oxygens (including phenoxy) is 2. The van der Waals surface area contributed by atoms with Crippen LogP contribution >= 0.6 is 0 Å². The van der Waals surface area contributed by atoms with Gasteiger partial charge in [-0.1, -0.05) is 6.07 Å². The molecule has 0 aliphatic carbocycles. The van der Waals surface area contributed by atoms with E-state index in [2.05, 4.69) is 17.0 Å². The van der Waals surface area contributed by atoms with Crippen LogP contribution < -0.4 is 4.57 Å². The van der Waals surface area contributed by atoms with Gasteiger partial charge in [-0.2, -0.15) is 0 Å². The van der Waals surface area contributed by atoms with E-state index in [1.165, 1.54) is 0 Å². The van der Waals surface area contributed by atoms with E-state index >= 15 is 0 Å². The van der Waals surface area contributed by atoms with Crippen molar-refractivity contribution in [3.8, 4) is 0 Å². The minimum Gasteiger partial charge on any atom is -0.356 e. The molecule has 3 nitrogen and oxygen atoms in total. The van der Waals surface area contributed by atoms with Crippen molar-refractivity contribution in [2.45, 2.75) is 25.7 Å². The van der Waals surface area contributed by atoms with Gasteiger partial charge >= 0.3 is 0 Å². The maximum atomic E-state index is 5.11. The molecule has 1 heterocycles. The first kappa shape index (κ1) is 11.1. The second kappa shape index (κ2) is 6.51. The Morgan fingerprint density at radius 2 is 1.71 bits per heavy atom. The average molecular weight is 196 g/mol. The van der Waals surface area contributed by atoms with Crippen molar-refractivity contribution in [2.24, 2.45) is 0 Å². The lowest BCUT2D eigenvalue weighted by atomic mass is 10.3. The van der Waals surface area contributed by atoms with Gasteiger partial charge in [-0.3, -0.25) is 0 Å². The molecule has 1 rings (SSSR count). The Morgan fingerprint density at radius 1 is 1.07 bits per heavy atom. The van der Waals surface area contributed by atoms with Gasteiger partial charge in [-0.15, -0.1) is 0 Å². The highest BCUT2D eigenvalue weighted by Crippen LogP contribution is 2.01. The Hall–Kier alpha value is -0.930. The molecule has 0 aliphatic rings. The van der Waals surface area contributed by atoms with Crippen molar-refractivity contribution in [2.75, 3.05) is 14.2 Å². The molecule has 0 saturated heterocycles. The Bertz CT molecular complexity index is 234. The van der Waals surface area contributed by atoms with Gasteiger partial charge in [0.1, 0.15) is 6.54 Å². The highest BCUT2D eigenvalue weighted by Gasteiger charge is 2.06. The zero-order chi connectivity index (χ0) is 10.2. The van der Waals surface area contributed by atoms with Crippen molar-refractivity contribution < 1.29 is 14.0 Å². The molecule has 0 spiro atoms. The largest absolute Gasteiger partial charge is 0.356 e. The lowest BCUT2D eigenvalue weighted by Gasteiger charge is -2.11. The third kappa shape index (κ3) is 3.85. The molecule has 0 N–H and O–H groups in total. The van der Waals surface area contributed by atoms with Crippen molar-refractivity contribution in [3.63, 3.8) is 0 Å². The van der Waals surface area contributed by atoms with Crippen LogP contribution in [0, 0.1) is 0 Å². The van der Waals surface area contributed by atoms with E-state index in [4.69, 9.17) is 9.47 Å². The molecule has 0 atom stereocenters. The number of aryl methyl sites for hydroxylation is 1. The Labute approximate surface area is 85.3 Å². The van der Waals surface area contributed by atoms with Gasteiger partial charge in [0, 0.05) is 39.2 Å². The molecule has 0 amide bonds. The van der Waals surface area contributed by atoms with E-state index in [1.54, 1.807) is 14.2 Å². The van der Waals surface area contributed by atoms with E-state index in [0.717, 1.165) is 19.4 Å². The van der Waals surface area contributed by atoms with Gasteiger partial charge in [0.2, 0.25) is 0 Å². The van der Waals surface area contributed by atoms with Gasteiger partial charge in [0.05, 0.1) is 0 Å². The number of hydrogen-bond acceptors (Lipinski definition) is 2. The summed E-state index contributed by atoms with van der Waals surface area (Å²) in [5.41, 5.74) is 0. The van der Waals surface area contributed by atoms with Gasteiger partial charge in [-0.25, -0.2) is 4.57 Å². The van der Waals surface area contributed by atoms with E-state index < -0.39 is 0 Å². The molecule has 78 valence electrons. The molecule has 3 heteroatoms. The molecule has 0 bridgehead atoms. The molecule has 0 unspecified atom stereocenters. The molecule has 0 aliphatic heterocycles. The number of pyridine rings is 1. The fourth-order valence-corrected chi connectivity index (χ4v) is 1.36. The van der Waals surface area contributed by atoms with Crippen molar-refractivity contribution in [3.05, 3.63) is 30.6 Å². The van der Waals surface area contributed by atoms with Crippen molar-refractivity contribution >= 4 is 0 Å². The van der Waals surface area contributed by atoms with Crippen molar-refractivity contribution in [1.82, 2.24) is 0 Å².